The summed E-state index contributed by atoms with van der Waals surface area (Å²) < 4.78 is 0. The molecular weight excluding hydrogens is 320 g/mol. The maximum absolute atomic E-state index is 4.95. The molecular formula is C11H21Cl3PV-2. The van der Waals surface area contributed by atoms with Crippen LogP contribution in [-0.4, -0.2) is 5.80 Å². The quantitative estimate of drug-likeness (QED) is 0.416. The van der Waals surface area contributed by atoms with Crippen LogP contribution in [0.15, 0.2) is 0 Å². The Bertz CT molecular complexity index is 195. The van der Waals surface area contributed by atoms with Gasteiger partial charge in [-0.15, -0.1) is 0 Å². The first-order valence-electron chi connectivity index (χ1n) is 5.09. The van der Waals surface area contributed by atoms with Gasteiger partial charge in [-0.2, -0.15) is 10.8 Å². The second-order valence-electron chi connectivity index (χ2n) is 5.17. The van der Waals surface area contributed by atoms with E-state index in [4.69, 9.17) is 29.5 Å². The molecule has 0 aromatic carbocycles. The third-order valence-electron chi connectivity index (χ3n) is 1.70. The summed E-state index contributed by atoms with van der Waals surface area (Å²) in [6, 6.07) is 0. The van der Waals surface area contributed by atoms with E-state index in [1.807, 2.05) is 0 Å². The van der Waals surface area contributed by atoms with Crippen LogP contribution in [0.1, 0.15) is 48.0 Å². The van der Waals surface area contributed by atoms with Crippen LogP contribution in [0.2, 0.25) is 0 Å². The minimum atomic E-state index is -1.77. The summed E-state index contributed by atoms with van der Waals surface area (Å²) in [5.41, 5.74) is 0.585. The number of halogens is 3. The molecule has 0 aromatic rings. The van der Waals surface area contributed by atoms with Crippen molar-refractivity contribution in [3.8, 4) is 0 Å². The molecule has 0 aromatic heterocycles. The topological polar surface area (TPSA) is 0 Å². The number of hydrogen-bond donors (Lipinski definition) is 0. The Hall–Kier alpha value is 1.62. The summed E-state index contributed by atoms with van der Waals surface area (Å²) in [5.74, 6) is 3.48. The second-order valence-corrected chi connectivity index (χ2v) is 12.8. The average Bonchev–Trinajstić information content (AvgIpc) is 2.00. The first kappa shape index (κ1) is 20.0. The normalized spacial score (nSPS) is 12.9. The minimum absolute atomic E-state index is 0.267. The Morgan fingerprint density at radius 2 is 1.50 bits per heavy atom. The molecule has 0 unspecified atom stereocenters. The summed E-state index contributed by atoms with van der Waals surface area (Å²) in [4.78, 5) is 0. The van der Waals surface area contributed by atoms with Gasteiger partial charge in [0.05, 0.1) is 0 Å². The van der Waals surface area contributed by atoms with Crippen LogP contribution in [0.3, 0.4) is 0 Å². The van der Waals surface area contributed by atoms with Gasteiger partial charge in [-0.3, -0.25) is 0 Å². The molecule has 0 N–H and O–H groups in total. The molecule has 0 fully saturated rings. The van der Waals surface area contributed by atoms with E-state index < -0.39 is 12.3 Å². The zero-order chi connectivity index (χ0) is 13.4. The van der Waals surface area contributed by atoms with E-state index in [1.54, 1.807) is 0 Å². The van der Waals surface area contributed by atoms with Crippen molar-refractivity contribution >= 4 is 43.5 Å². The van der Waals surface area contributed by atoms with Crippen molar-refractivity contribution in [2.45, 2.75) is 48.0 Å². The molecule has 0 nitrogen and oxygen atoms in total. The van der Waals surface area contributed by atoms with Gasteiger partial charge >= 0.3 is 41.8 Å². The average molecular weight is 342 g/mol. The molecule has 0 spiro atoms. The van der Waals surface area contributed by atoms with Crippen molar-refractivity contribution in [2.24, 2.45) is 10.8 Å². The van der Waals surface area contributed by atoms with Gasteiger partial charge in [0.1, 0.15) is 0 Å². The Kier molecular flexibility index (Phi) is 11.9. The van der Waals surface area contributed by atoms with Gasteiger partial charge in [0.15, 0.2) is 0 Å². The van der Waals surface area contributed by atoms with E-state index in [0.717, 1.165) is 6.42 Å². The van der Waals surface area contributed by atoms with Crippen molar-refractivity contribution < 1.29 is 12.3 Å². The van der Waals surface area contributed by atoms with Crippen molar-refractivity contribution in [1.82, 2.24) is 0 Å². The van der Waals surface area contributed by atoms with Crippen LogP contribution < -0.4 is 0 Å². The third kappa shape index (κ3) is 21.0. The monoisotopic (exact) mass is 340 g/mol. The SMILES string of the molecule is CCC(C)(C)[C-]=P[CH-]C(C)(C)C.[Cl][V]([Cl])[Cl]. The molecule has 0 amide bonds. The first-order valence-corrected chi connectivity index (χ1v) is 11.8. The predicted octanol–water partition coefficient (Wildman–Crippen LogP) is 6.32. The molecule has 16 heavy (non-hydrogen) atoms. The molecule has 0 atom stereocenters. The number of rotatable bonds is 3. The molecule has 0 bridgehead atoms. The fourth-order valence-corrected chi connectivity index (χ4v) is 1.44. The first-order chi connectivity index (χ1) is 7.00. The summed E-state index contributed by atoms with van der Waals surface area (Å²) in [5, 5.41) is 0. The molecule has 0 aliphatic heterocycles. The van der Waals surface area contributed by atoms with E-state index in [0.29, 0.717) is 5.41 Å². The molecule has 0 saturated heterocycles. The van der Waals surface area contributed by atoms with E-state index in [-0.39, 0.29) is 5.41 Å². The van der Waals surface area contributed by atoms with Gasteiger partial charge in [-0.05, 0) is 0 Å². The molecule has 98 valence electrons. The zero-order valence-corrected chi connectivity index (χ0v) is 15.4. The van der Waals surface area contributed by atoms with Gasteiger partial charge in [0.2, 0.25) is 0 Å². The Morgan fingerprint density at radius 3 is 1.75 bits per heavy atom. The van der Waals surface area contributed by atoms with Crippen LogP contribution in [0.25, 0.3) is 0 Å². The summed E-state index contributed by atoms with van der Waals surface area (Å²) >= 11 is -1.77. The molecule has 0 rings (SSSR count). The maximum atomic E-state index is 4.95. The molecule has 0 aliphatic rings. The fourth-order valence-electron chi connectivity index (χ4n) is 0.480. The van der Waals surface area contributed by atoms with Crippen molar-refractivity contribution in [1.29, 1.82) is 0 Å². The Morgan fingerprint density at radius 1 is 1.12 bits per heavy atom. The molecule has 0 radical (unpaired) electrons. The van der Waals surface area contributed by atoms with Crippen LogP contribution in [0.5, 0.6) is 0 Å². The molecule has 0 aliphatic carbocycles. The Labute approximate surface area is 120 Å². The Balaban J connectivity index is 0. The van der Waals surface area contributed by atoms with E-state index in [9.17, 15) is 0 Å². The molecule has 5 heteroatoms. The predicted molar refractivity (Wildman–Crippen MR) is 77.3 cm³/mol. The van der Waals surface area contributed by atoms with Crippen LogP contribution in [-0.2, 0) is 12.3 Å². The fraction of sp³-hybridized carbons (Fsp3) is 0.818. The summed E-state index contributed by atoms with van der Waals surface area (Å²) in [6.07, 6.45) is 3.46. The molecule has 0 saturated carbocycles. The van der Waals surface area contributed by atoms with E-state index in [1.165, 1.54) is 8.20 Å². The van der Waals surface area contributed by atoms with Gasteiger partial charge in [-0.1, -0.05) is 48.0 Å². The van der Waals surface area contributed by atoms with Crippen LogP contribution >= 0.6 is 37.7 Å². The van der Waals surface area contributed by atoms with Crippen LogP contribution in [0, 0.1) is 17.0 Å². The number of hydrogen-bond acceptors (Lipinski definition) is 0. The van der Waals surface area contributed by atoms with Crippen LogP contribution in [0.4, 0.5) is 0 Å². The van der Waals surface area contributed by atoms with Gasteiger partial charge in [0, 0.05) is 0 Å². The third-order valence-corrected chi connectivity index (χ3v) is 3.34. The molecule has 0 heterocycles. The second kappa shape index (κ2) is 9.54. The van der Waals surface area contributed by atoms with Crippen molar-refractivity contribution in [2.75, 3.05) is 0 Å². The summed E-state index contributed by atoms with van der Waals surface area (Å²) in [6.45, 7) is 13.3. The standard InChI is InChI=1S/C11H21P.3ClH.V/c1-7-11(5,6)9-12-8-10(2,3)4;;;;/h8H,7H2,1-6H3;3*1H;/q-2;;;;+3/p-3. The van der Waals surface area contributed by atoms with Crippen molar-refractivity contribution in [3.63, 3.8) is 0 Å². The van der Waals surface area contributed by atoms with Crippen molar-refractivity contribution in [3.05, 3.63) is 6.16 Å². The van der Waals surface area contributed by atoms with Gasteiger partial charge in [-0.25, -0.2) is 0 Å². The van der Waals surface area contributed by atoms with E-state index in [2.05, 4.69) is 53.5 Å². The zero-order valence-electron chi connectivity index (χ0n) is 10.8. The van der Waals surface area contributed by atoms with Gasteiger partial charge in [0.25, 0.3) is 0 Å². The van der Waals surface area contributed by atoms with E-state index >= 15 is 0 Å². The van der Waals surface area contributed by atoms with Gasteiger partial charge < -0.3 is 20.2 Å². The summed E-state index contributed by atoms with van der Waals surface area (Å²) in [7, 11) is 16.1.